The largest absolute Gasteiger partial charge is 0.444 e. The van der Waals surface area contributed by atoms with E-state index in [2.05, 4.69) is 29.6 Å². The molecule has 1 amide bonds. The first-order valence-electron chi connectivity index (χ1n) is 6.43. The molecule has 1 heterocycles. The van der Waals surface area contributed by atoms with Crippen LogP contribution in [-0.4, -0.2) is 27.5 Å². The summed E-state index contributed by atoms with van der Waals surface area (Å²) >= 11 is 0. The molecule has 0 aliphatic carbocycles. The molecule has 0 aromatic carbocycles. The number of aryl methyl sites for hydroxylation is 1. The Kier molecular flexibility index (Phi) is 4.94. The summed E-state index contributed by atoms with van der Waals surface area (Å²) in [7, 11) is 1.78. The maximum atomic E-state index is 11.8. The van der Waals surface area contributed by atoms with Crippen molar-refractivity contribution in [2.24, 2.45) is 7.05 Å². The third-order valence-corrected chi connectivity index (χ3v) is 2.33. The van der Waals surface area contributed by atoms with E-state index in [9.17, 15) is 4.79 Å². The fourth-order valence-electron chi connectivity index (χ4n) is 1.49. The van der Waals surface area contributed by atoms with Crippen molar-refractivity contribution in [1.29, 1.82) is 0 Å². The molecule has 0 saturated heterocycles. The summed E-state index contributed by atoms with van der Waals surface area (Å²) in [6, 6.07) is 0.370. The van der Waals surface area contributed by atoms with Gasteiger partial charge in [0.05, 0.1) is 6.20 Å². The van der Waals surface area contributed by atoms with E-state index in [0.29, 0.717) is 18.4 Å². The van der Waals surface area contributed by atoms with Gasteiger partial charge in [-0.3, -0.25) is 10.00 Å². The maximum absolute atomic E-state index is 11.8. The minimum Gasteiger partial charge on any atom is -0.444 e. The average Bonchev–Trinajstić information content (AvgIpc) is 2.55. The first-order valence-corrected chi connectivity index (χ1v) is 6.43. The van der Waals surface area contributed by atoms with Gasteiger partial charge in [-0.15, -0.1) is 0 Å². The van der Waals surface area contributed by atoms with E-state index in [0.717, 1.165) is 5.56 Å². The van der Waals surface area contributed by atoms with Gasteiger partial charge in [0.25, 0.3) is 0 Å². The number of carbonyl (C=O) groups is 1. The van der Waals surface area contributed by atoms with Crippen molar-refractivity contribution in [2.75, 3.05) is 5.32 Å². The lowest BCUT2D eigenvalue weighted by molar-refractivity contribution is 0.0634. The smallest absolute Gasteiger partial charge is 0.413 e. The van der Waals surface area contributed by atoms with Gasteiger partial charge in [0.15, 0.2) is 0 Å². The molecule has 0 saturated carbocycles. The number of nitrogens with one attached hydrogen (secondary N) is 2. The molecule has 1 rings (SSSR count). The second kappa shape index (κ2) is 6.06. The quantitative estimate of drug-likeness (QED) is 0.879. The van der Waals surface area contributed by atoms with Crippen LogP contribution in [0.5, 0.6) is 0 Å². The Balaban J connectivity index is 2.71. The van der Waals surface area contributed by atoms with E-state index in [1.807, 2.05) is 20.8 Å². The Bertz CT molecular complexity index is 432. The summed E-state index contributed by atoms with van der Waals surface area (Å²) < 4.78 is 6.86. The molecule has 0 atom stereocenters. The van der Waals surface area contributed by atoms with Crippen LogP contribution in [0.2, 0.25) is 0 Å². The molecule has 0 unspecified atom stereocenters. The van der Waals surface area contributed by atoms with Crippen molar-refractivity contribution in [1.82, 2.24) is 15.1 Å². The van der Waals surface area contributed by atoms with Gasteiger partial charge in [-0.2, -0.15) is 5.10 Å². The highest BCUT2D eigenvalue weighted by Crippen LogP contribution is 2.16. The molecule has 0 radical (unpaired) electrons. The molecule has 0 fully saturated rings. The molecule has 1 aromatic rings. The highest BCUT2D eigenvalue weighted by molar-refractivity contribution is 5.84. The Hall–Kier alpha value is -1.56. The Labute approximate surface area is 114 Å². The lowest BCUT2D eigenvalue weighted by Gasteiger charge is -2.20. The summed E-state index contributed by atoms with van der Waals surface area (Å²) in [5, 5.41) is 10.2. The number of aromatic nitrogens is 2. The van der Waals surface area contributed by atoms with Crippen molar-refractivity contribution in [3.05, 3.63) is 11.8 Å². The van der Waals surface area contributed by atoms with Crippen LogP contribution in [0.25, 0.3) is 0 Å². The SMILES string of the molecule is CC(C)NCc1cnn(C)c1NC(=O)OC(C)(C)C. The van der Waals surface area contributed by atoms with Crippen molar-refractivity contribution < 1.29 is 9.53 Å². The highest BCUT2D eigenvalue weighted by atomic mass is 16.6. The number of hydrogen-bond acceptors (Lipinski definition) is 4. The van der Waals surface area contributed by atoms with Crippen molar-refractivity contribution in [3.8, 4) is 0 Å². The van der Waals surface area contributed by atoms with Gasteiger partial charge in [-0.05, 0) is 20.8 Å². The van der Waals surface area contributed by atoms with Crippen LogP contribution in [0.3, 0.4) is 0 Å². The van der Waals surface area contributed by atoms with Crippen molar-refractivity contribution in [2.45, 2.75) is 52.8 Å². The number of anilines is 1. The van der Waals surface area contributed by atoms with Crippen LogP contribution in [0.4, 0.5) is 10.6 Å². The summed E-state index contributed by atoms with van der Waals surface area (Å²) in [5.74, 6) is 0.655. The van der Waals surface area contributed by atoms with E-state index in [1.165, 1.54) is 0 Å². The average molecular weight is 268 g/mol. The number of rotatable bonds is 4. The van der Waals surface area contributed by atoms with E-state index < -0.39 is 11.7 Å². The maximum Gasteiger partial charge on any atom is 0.413 e. The minimum atomic E-state index is -0.515. The highest BCUT2D eigenvalue weighted by Gasteiger charge is 2.18. The van der Waals surface area contributed by atoms with Crippen LogP contribution < -0.4 is 10.6 Å². The van der Waals surface area contributed by atoms with Gasteiger partial charge in [0, 0.05) is 25.2 Å². The van der Waals surface area contributed by atoms with Crippen LogP contribution in [0, 0.1) is 0 Å². The number of nitrogens with zero attached hydrogens (tertiary/aromatic N) is 2. The number of ether oxygens (including phenoxy) is 1. The zero-order chi connectivity index (χ0) is 14.6. The summed E-state index contributed by atoms with van der Waals surface area (Å²) in [4.78, 5) is 11.8. The molecule has 0 spiro atoms. The number of carbonyl (C=O) groups excluding carboxylic acids is 1. The van der Waals surface area contributed by atoms with Gasteiger partial charge >= 0.3 is 6.09 Å². The third-order valence-electron chi connectivity index (χ3n) is 2.33. The normalized spacial score (nSPS) is 11.7. The molecule has 0 bridgehead atoms. The lowest BCUT2D eigenvalue weighted by atomic mass is 10.2. The van der Waals surface area contributed by atoms with Crippen molar-refractivity contribution in [3.63, 3.8) is 0 Å². The lowest BCUT2D eigenvalue weighted by Crippen LogP contribution is -2.28. The second-order valence-corrected chi connectivity index (χ2v) is 5.80. The van der Waals surface area contributed by atoms with E-state index in [-0.39, 0.29) is 0 Å². The topological polar surface area (TPSA) is 68.2 Å². The van der Waals surface area contributed by atoms with Crippen molar-refractivity contribution >= 4 is 11.9 Å². The standard InChI is InChI=1S/C13H24N4O2/c1-9(2)14-7-10-8-15-17(6)11(10)16-12(18)19-13(3,4)5/h8-9,14H,7H2,1-6H3,(H,16,18). The number of hydrogen-bond donors (Lipinski definition) is 2. The number of amides is 1. The second-order valence-electron chi connectivity index (χ2n) is 5.80. The van der Waals surface area contributed by atoms with Gasteiger partial charge in [0.2, 0.25) is 0 Å². The Morgan fingerprint density at radius 2 is 2.11 bits per heavy atom. The van der Waals surface area contributed by atoms with Crippen LogP contribution >= 0.6 is 0 Å². The first-order chi connectivity index (χ1) is 8.69. The molecule has 0 aliphatic rings. The Morgan fingerprint density at radius 3 is 2.63 bits per heavy atom. The zero-order valence-corrected chi connectivity index (χ0v) is 12.6. The summed E-state index contributed by atoms with van der Waals surface area (Å²) in [6.07, 6.45) is 1.27. The molecule has 6 heteroatoms. The Morgan fingerprint density at radius 1 is 1.47 bits per heavy atom. The third kappa shape index (κ3) is 5.30. The predicted octanol–water partition coefficient (Wildman–Crippen LogP) is 2.27. The van der Waals surface area contributed by atoms with Crippen LogP contribution in [0.1, 0.15) is 40.2 Å². The van der Waals surface area contributed by atoms with Crippen LogP contribution in [-0.2, 0) is 18.3 Å². The molecular formula is C13H24N4O2. The molecule has 1 aromatic heterocycles. The van der Waals surface area contributed by atoms with Gasteiger partial charge < -0.3 is 10.1 Å². The molecule has 19 heavy (non-hydrogen) atoms. The van der Waals surface area contributed by atoms with E-state index in [1.54, 1.807) is 17.9 Å². The van der Waals surface area contributed by atoms with E-state index in [4.69, 9.17) is 4.74 Å². The monoisotopic (exact) mass is 268 g/mol. The fourth-order valence-corrected chi connectivity index (χ4v) is 1.49. The molecule has 6 nitrogen and oxygen atoms in total. The zero-order valence-electron chi connectivity index (χ0n) is 12.6. The molecule has 2 N–H and O–H groups in total. The fraction of sp³-hybridized carbons (Fsp3) is 0.692. The van der Waals surface area contributed by atoms with Gasteiger partial charge in [-0.25, -0.2) is 4.79 Å². The first kappa shape index (κ1) is 15.5. The summed E-state index contributed by atoms with van der Waals surface area (Å²) in [6.45, 7) is 10.3. The van der Waals surface area contributed by atoms with Gasteiger partial charge in [-0.1, -0.05) is 13.8 Å². The van der Waals surface area contributed by atoms with Crippen LogP contribution in [0.15, 0.2) is 6.20 Å². The molecule has 0 aliphatic heterocycles. The molecular weight excluding hydrogens is 244 g/mol. The predicted molar refractivity (Wildman–Crippen MR) is 75.0 cm³/mol. The summed E-state index contributed by atoms with van der Waals surface area (Å²) in [5.41, 5.74) is 0.418. The van der Waals surface area contributed by atoms with Gasteiger partial charge in [0.1, 0.15) is 11.4 Å². The molecule has 108 valence electrons. The minimum absolute atomic E-state index is 0.370. The van der Waals surface area contributed by atoms with E-state index >= 15 is 0 Å².